The summed E-state index contributed by atoms with van der Waals surface area (Å²) in [7, 11) is -0.130. The summed E-state index contributed by atoms with van der Waals surface area (Å²) >= 11 is 0. The van der Waals surface area contributed by atoms with Crippen LogP contribution in [0.15, 0.2) is 29.2 Å². The van der Waals surface area contributed by atoms with Crippen molar-refractivity contribution in [3.05, 3.63) is 41.0 Å². The fraction of sp³-hybridized carbons (Fsp3) is 0.278. The Morgan fingerprint density at radius 1 is 0.963 bits per heavy atom. The molecule has 0 unspecified atom stereocenters. The van der Waals surface area contributed by atoms with Crippen molar-refractivity contribution in [2.24, 2.45) is 0 Å². The molecule has 0 aliphatic heterocycles. The summed E-state index contributed by atoms with van der Waals surface area (Å²) in [6.45, 7) is 3.65. The van der Waals surface area contributed by atoms with Crippen molar-refractivity contribution in [2.75, 3.05) is 26.1 Å². The highest BCUT2D eigenvalue weighted by atomic mass is 32.2. The molecule has 0 aliphatic rings. The standard InChI is InChI=1S/C18H21NO7S/c1-10-6-7-12(8-11(10)2)27(22,23)19-15-13(18(20)21)9-14(24-3)16(25-4)17(15)26-5/h6-9,19H,1-5H3,(H,20,21). The van der Waals surface area contributed by atoms with Crippen molar-refractivity contribution in [1.29, 1.82) is 0 Å². The van der Waals surface area contributed by atoms with Crippen molar-refractivity contribution in [2.45, 2.75) is 18.7 Å². The molecule has 0 fully saturated rings. The molecular weight excluding hydrogens is 374 g/mol. The SMILES string of the molecule is COc1cc(C(=O)O)c(NS(=O)(=O)c2ccc(C)c(C)c2)c(OC)c1OC. The van der Waals surface area contributed by atoms with Crippen LogP contribution in [0.3, 0.4) is 0 Å². The normalized spacial score (nSPS) is 11.0. The van der Waals surface area contributed by atoms with Crippen LogP contribution in [0.5, 0.6) is 17.2 Å². The Labute approximate surface area is 157 Å². The molecule has 0 atom stereocenters. The van der Waals surface area contributed by atoms with Gasteiger partial charge in [-0.3, -0.25) is 4.72 Å². The number of carbonyl (C=O) groups is 1. The molecule has 0 amide bonds. The average molecular weight is 395 g/mol. The third kappa shape index (κ3) is 3.92. The van der Waals surface area contributed by atoms with Crippen LogP contribution in [0.1, 0.15) is 21.5 Å². The van der Waals surface area contributed by atoms with E-state index in [1.165, 1.54) is 39.5 Å². The van der Waals surface area contributed by atoms with E-state index in [9.17, 15) is 18.3 Å². The van der Waals surface area contributed by atoms with Gasteiger partial charge >= 0.3 is 5.97 Å². The van der Waals surface area contributed by atoms with Gasteiger partial charge in [0.2, 0.25) is 5.75 Å². The van der Waals surface area contributed by atoms with Gasteiger partial charge in [-0.05, 0) is 37.1 Å². The number of hydrogen-bond donors (Lipinski definition) is 2. The van der Waals surface area contributed by atoms with Crippen molar-refractivity contribution in [1.82, 2.24) is 0 Å². The van der Waals surface area contributed by atoms with E-state index in [4.69, 9.17) is 14.2 Å². The molecule has 0 heterocycles. The smallest absolute Gasteiger partial charge is 0.338 e. The molecule has 146 valence electrons. The van der Waals surface area contributed by atoms with Gasteiger partial charge in [-0.2, -0.15) is 0 Å². The highest BCUT2D eigenvalue weighted by molar-refractivity contribution is 7.92. The molecule has 2 N–H and O–H groups in total. The Morgan fingerprint density at radius 2 is 1.59 bits per heavy atom. The molecule has 0 bridgehead atoms. The summed E-state index contributed by atoms with van der Waals surface area (Å²) in [4.78, 5) is 11.7. The number of benzene rings is 2. The molecule has 0 saturated carbocycles. The zero-order valence-electron chi connectivity index (χ0n) is 15.6. The number of sulfonamides is 1. The van der Waals surface area contributed by atoms with E-state index < -0.39 is 16.0 Å². The fourth-order valence-electron chi connectivity index (χ4n) is 2.50. The first-order valence-electron chi connectivity index (χ1n) is 7.82. The zero-order chi connectivity index (χ0) is 20.4. The van der Waals surface area contributed by atoms with Gasteiger partial charge in [-0.25, -0.2) is 13.2 Å². The van der Waals surface area contributed by atoms with Crippen LogP contribution in [-0.4, -0.2) is 40.8 Å². The molecule has 0 spiro atoms. The minimum absolute atomic E-state index is 0.00113. The van der Waals surface area contributed by atoms with Gasteiger partial charge in [0.1, 0.15) is 5.69 Å². The Morgan fingerprint density at radius 3 is 2.07 bits per heavy atom. The van der Waals surface area contributed by atoms with Crippen LogP contribution in [0.4, 0.5) is 5.69 Å². The number of carboxylic acid groups (broad SMARTS) is 1. The maximum atomic E-state index is 12.8. The molecule has 2 aromatic carbocycles. The first kappa shape index (κ1) is 20.4. The molecule has 0 aliphatic carbocycles. The highest BCUT2D eigenvalue weighted by Crippen LogP contribution is 2.45. The van der Waals surface area contributed by atoms with E-state index in [0.29, 0.717) is 0 Å². The highest BCUT2D eigenvalue weighted by Gasteiger charge is 2.28. The van der Waals surface area contributed by atoms with Crippen molar-refractivity contribution in [3.63, 3.8) is 0 Å². The second kappa shape index (κ2) is 7.75. The number of carboxylic acids is 1. The predicted molar refractivity (Wildman–Crippen MR) is 99.8 cm³/mol. The van der Waals surface area contributed by atoms with Crippen LogP contribution in [0.25, 0.3) is 0 Å². The van der Waals surface area contributed by atoms with Crippen LogP contribution < -0.4 is 18.9 Å². The summed E-state index contributed by atoms with van der Waals surface area (Å²) in [6, 6.07) is 5.79. The maximum absolute atomic E-state index is 12.8. The molecular formula is C18H21NO7S. The predicted octanol–water partition coefficient (Wildman–Crippen LogP) is 2.83. The summed E-state index contributed by atoms with van der Waals surface area (Å²) in [6.07, 6.45) is 0. The maximum Gasteiger partial charge on any atom is 0.338 e. The van der Waals surface area contributed by atoms with Crippen LogP contribution in [0, 0.1) is 13.8 Å². The molecule has 27 heavy (non-hydrogen) atoms. The Kier molecular flexibility index (Phi) is 5.85. The second-order valence-corrected chi connectivity index (χ2v) is 7.41. The number of aryl methyl sites for hydroxylation is 2. The Bertz CT molecular complexity index is 984. The minimum atomic E-state index is -4.08. The fourth-order valence-corrected chi connectivity index (χ4v) is 3.67. The van der Waals surface area contributed by atoms with Crippen LogP contribution >= 0.6 is 0 Å². The molecule has 2 rings (SSSR count). The van der Waals surface area contributed by atoms with Gasteiger partial charge in [0.05, 0.1) is 31.8 Å². The summed E-state index contributed by atoms with van der Waals surface area (Å²) in [5.41, 5.74) is 1.14. The number of aromatic carboxylic acids is 1. The average Bonchev–Trinajstić information content (AvgIpc) is 2.62. The lowest BCUT2D eigenvalue weighted by Gasteiger charge is -2.19. The first-order valence-corrected chi connectivity index (χ1v) is 9.30. The van der Waals surface area contributed by atoms with Gasteiger partial charge in [-0.15, -0.1) is 0 Å². The van der Waals surface area contributed by atoms with Crippen molar-refractivity contribution < 1.29 is 32.5 Å². The quantitative estimate of drug-likeness (QED) is 0.741. The molecule has 9 heteroatoms. The second-order valence-electron chi connectivity index (χ2n) is 5.72. The Balaban J connectivity index is 2.69. The summed E-state index contributed by atoms with van der Waals surface area (Å²) in [5.74, 6) is -1.28. The lowest BCUT2D eigenvalue weighted by Crippen LogP contribution is -2.17. The van der Waals surface area contributed by atoms with Gasteiger partial charge < -0.3 is 19.3 Å². The van der Waals surface area contributed by atoms with Crippen LogP contribution in [-0.2, 0) is 10.0 Å². The van der Waals surface area contributed by atoms with Gasteiger partial charge in [0, 0.05) is 6.07 Å². The largest absolute Gasteiger partial charge is 0.493 e. The molecule has 0 aromatic heterocycles. The van der Waals surface area contributed by atoms with Gasteiger partial charge in [-0.1, -0.05) is 6.07 Å². The molecule has 0 saturated heterocycles. The van der Waals surface area contributed by atoms with E-state index in [0.717, 1.165) is 11.1 Å². The first-order chi connectivity index (χ1) is 12.7. The lowest BCUT2D eigenvalue weighted by molar-refractivity contribution is 0.0697. The molecule has 0 radical (unpaired) electrons. The van der Waals surface area contributed by atoms with E-state index in [1.54, 1.807) is 13.0 Å². The van der Waals surface area contributed by atoms with Gasteiger partial charge in [0.25, 0.3) is 10.0 Å². The van der Waals surface area contributed by atoms with E-state index in [2.05, 4.69) is 4.72 Å². The lowest BCUT2D eigenvalue weighted by atomic mass is 10.1. The number of methoxy groups -OCH3 is 3. The summed E-state index contributed by atoms with van der Waals surface area (Å²) < 4.78 is 43.5. The Hall–Kier alpha value is -2.94. The minimum Gasteiger partial charge on any atom is -0.493 e. The molecule has 8 nitrogen and oxygen atoms in total. The van der Waals surface area contributed by atoms with E-state index >= 15 is 0 Å². The zero-order valence-corrected chi connectivity index (χ0v) is 16.4. The number of hydrogen-bond acceptors (Lipinski definition) is 6. The third-order valence-corrected chi connectivity index (χ3v) is 5.43. The van der Waals surface area contributed by atoms with Crippen LogP contribution in [0.2, 0.25) is 0 Å². The number of ether oxygens (including phenoxy) is 3. The van der Waals surface area contributed by atoms with Crippen molar-refractivity contribution >= 4 is 21.7 Å². The number of nitrogens with one attached hydrogen (secondary N) is 1. The topological polar surface area (TPSA) is 111 Å². The van der Waals surface area contributed by atoms with E-state index in [1.807, 2.05) is 6.92 Å². The van der Waals surface area contributed by atoms with Crippen molar-refractivity contribution in [3.8, 4) is 17.2 Å². The number of anilines is 1. The number of rotatable bonds is 7. The third-order valence-electron chi connectivity index (χ3n) is 4.09. The van der Waals surface area contributed by atoms with Gasteiger partial charge in [0.15, 0.2) is 11.5 Å². The van der Waals surface area contributed by atoms with E-state index in [-0.39, 0.29) is 33.4 Å². The summed E-state index contributed by atoms with van der Waals surface area (Å²) in [5, 5.41) is 9.53. The monoisotopic (exact) mass is 395 g/mol. The molecule has 2 aromatic rings.